The van der Waals surface area contributed by atoms with Crippen LogP contribution in [-0.4, -0.2) is 10.8 Å². The average Bonchev–Trinajstić information content (AvgIpc) is 2.62. The number of benzene rings is 2. The van der Waals surface area contributed by atoms with Crippen molar-refractivity contribution in [3.05, 3.63) is 83.1 Å². The van der Waals surface area contributed by atoms with Gasteiger partial charge >= 0.3 is 6.18 Å². The maximum atomic E-state index is 14.0. The van der Waals surface area contributed by atoms with Crippen LogP contribution in [0.5, 0.6) is 0 Å². The van der Waals surface area contributed by atoms with Crippen molar-refractivity contribution in [2.75, 3.05) is 5.73 Å². The van der Waals surface area contributed by atoms with E-state index in [9.17, 15) is 26.7 Å². The highest BCUT2D eigenvalue weighted by atomic mass is 19.4. The molecule has 0 fully saturated rings. The van der Waals surface area contributed by atoms with E-state index in [0.29, 0.717) is 0 Å². The van der Waals surface area contributed by atoms with E-state index in [1.165, 1.54) is 12.1 Å². The predicted molar refractivity (Wildman–Crippen MR) is 88.9 cm³/mol. The minimum atomic E-state index is -4.53. The van der Waals surface area contributed by atoms with Gasteiger partial charge in [-0.2, -0.15) is 13.2 Å². The number of ketones is 1. The second kappa shape index (κ2) is 6.79. The first kappa shape index (κ1) is 18.5. The van der Waals surface area contributed by atoms with Crippen LogP contribution >= 0.6 is 0 Å². The van der Waals surface area contributed by atoms with Gasteiger partial charge in [0, 0.05) is 17.3 Å². The van der Waals surface area contributed by atoms with Gasteiger partial charge in [-0.05, 0) is 30.3 Å². The third-order valence-corrected chi connectivity index (χ3v) is 3.91. The van der Waals surface area contributed by atoms with Crippen molar-refractivity contribution >= 4 is 11.5 Å². The summed E-state index contributed by atoms with van der Waals surface area (Å²) in [5, 5.41) is 0. The van der Waals surface area contributed by atoms with Crippen molar-refractivity contribution in [1.82, 2.24) is 4.98 Å². The summed E-state index contributed by atoms with van der Waals surface area (Å²) < 4.78 is 65.9. The summed E-state index contributed by atoms with van der Waals surface area (Å²) in [5.74, 6) is -2.51. The topological polar surface area (TPSA) is 56.0 Å². The van der Waals surface area contributed by atoms with E-state index in [2.05, 4.69) is 4.98 Å². The Bertz CT molecular complexity index is 993. The Morgan fingerprint density at radius 2 is 1.52 bits per heavy atom. The Hall–Kier alpha value is -3.29. The van der Waals surface area contributed by atoms with Gasteiger partial charge < -0.3 is 5.73 Å². The van der Waals surface area contributed by atoms with E-state index in [1.54, 1.807) is 0 Å². The van der Waals surface area contributed by atoms with Gasteiger partial charge in [0.1, 0.15) is 11.6 Å². The van der Waals surface area contributed by atoms with Gasteiger partial charge in [0.2, 0.25) is 0 Å². The average molecular weight is 378 g/mol. The van der Waals surface area contributed by atoms with E-state index in [0.717, 1.165) is 42.6 Å². The minimum absolute atomic E-state index is 0.0548. The zero-order valence-electron chi connectivity index (χ0n) is 13.5. The first-order valence-corrected chi connectivity index (χ1v) is 7.61. The molecule has 0 unspecified atom stereocenters. The maximum absolute atomic E-state index is 14.0. The third-order valence-electron chi connectivity index (χ3n) is 3.91. The van der Waals surface area contributed by atoms with E-state index < -0.39 is 34.7 Å². The Morgan fingerprint density at radius 3 is 2.07 bits per heavy atom. The zero-order valence-corrected chi connectivity index (χ0v) is 13.5. The standard InChI is InChI=1S/C19H11F5N2O/c20-13-2-1-3-14(21)15(13)17-16(25)12(8-9-26-17)18(27)10-4-6-11(7-5-10)19(22,23)24/h1-9H,25H2. The minimum Gasteiger partial charge on any atom is -0.396 e. The molecule has 27 heavy (non-hydrogen) atoms. The fourth-order valence-corrected chi connectivity index (χ4v) is 2.56. The molecular formula is C19H11F5N2O. The van der Waals surface area contributed by atoms with E-state index in [-0.39, 0.29) is 22.5 Å². The number of nitrogen functional groups attached to an aromatic ring is 1. The molecule has 0 atom stereocenters. The van der Waals surface area contributed by atoms with Crippen molar-refractivity contribution < 1.29 is 26.7 Å². The van der Waals surface area contributed by atoms with Gasteiger partial charge in [0.15, 0.2) is 5.78 Å². The van der Waals surface area contributed by atoms with E-state index in [4.69, 9.17) is 5.73 Å². The fraction of sp³-hybridized carbons (Fsp3) is 0.0526. The lowest BCUT2D eigenvalue weighted by Gasteiger charge is -2.12. The molecule has 3 aromatic rings. The quantitative estimate of drug-likeness (QED) is 0.523. The van der Waals surface area contributed by atoms with Crippen LogP contribution in [0, 0.1) is 11.6 Å². The number of aromatic nitrogens is 1. The summed E-state index contributed by atoms with van der Waals surface area (Å²) in [6.07, 6.45) is -3.39. The lowest BCUT2D eigenvalue weighted by molar-refractivity contribution is -0.137. The molecule has 0 aliphatic rings. The van der Waals surface area contributed by atoms with Crippen LogP contribution in [0.2, 0.25) is 0 Å². The fourth-order valence-electron chi connectivity index (χ4n) is 2.56. The van der Waals surface area contributed by atoms with E-state index in [1.807, 2.05) is 0 Å². The Labute approximate surface area is 150 Å². The van der Waals surface area contributed by atoms with Gasteiger partial charge in [-0.25, -0.2) is 8.78 Å². The van der Waals surface area contributed by atoms with Crippen molar-refractivity contribution in [2.24, 2.45) is 0 Å². The number of nitrogens with two attached hydrogens (primary N) is 1. The third kappa shape index (κ3) is 3.51. The molecule has 0 bridgehead atoms. The molecule has 2 aromatic carbocycles. The van der Waals surface area contributed by atoms with Gasteiger partial charge in [-0.3, -0.25) is 9.78 Å². The Balaban J connectivity index is 2.05. The van der Waals surface area contributed by atoms with Crippen LogP contribution in [0.15, 0.2) is 54.7 Å². The normalized spacial score (nSPS) is 11.4. The number of nitrogens with zero attached hydrogens (tertiary/aromatic N) is 1. The number of carbonyl (C=O) groups is 1. The zero-order chi connectivity index (χ0) is 19.8. The van der Waals surface area contributed by atoms with Gasteiger partial charge in [-0.1, -0.05) is 18.2 Å². The number of rotatable bonds is 3. The highest BCUT2D eigenvalue weighted by Gasteiger charge is 2.30. The molecule has 3 rings (SSSR count). The molecule has 0 amide bonds. The summed E-state index contributed by atoms with van der Waals surface area (Å²) >= 11 is 0. The molecule has 138 valence electrons. The predicted octanol–water partition coefficient (Wildman–Crippen LogP) is 4.86. The van der Waals surface area contributed by atoms with Crippen molar-refractivity contribution in [2.45, 2.75) is 6.18 Å². The molecule has 8 heteroatoms. The molecule has 0 saturated carbocycles. The van der Waals surface area contributed by atoms with Crippen LogP contribution < -0.4 is 5.73 Å². The molecule has 0 saturated heterocycles. The lowest BCUT2D eigenvalue weighted by Crippen LogP contribution is -2.10. The maximum Gasteiger partial charge on any atom is 0.416 e. The second-order valence-electron chi connectivity index (χ2n) is 5.62. The molecule has 2 N–H and O–H groups in total. The molecule has 0 aliphatic heterocycles. The summed E-state index contributed by atoms with van der Waals surface area (Å²) in [5.41, 5.74) is 3.79. The molecule has 3 nitrogen and oxygen atoms in total. The van der Waals surface area contributed by atoms with E-state index >= 15 is 0 Å². The number of alkyl halides is 3. The SMILES string of the molecule is Nc1c(C(=O)c2ccc(C(F)(F)F)cc2)ccnc1-c1c(F)cccc1F. The van der Waals surface area contributed by atoms with Gasteiger partial charge in [0.25, 0.3) is 0 Å². The smallest absolute Gasteiger partial charge is 0.396 e. The summed E-state index contributed by atoms with van der Waals surface area (Å²) in [7, 11) is 0. The first-order chi connectivity index (χ1) is 12.7. The molecule has 0 radical (unpaired) electrons. The first-order valence-electron chi connectivity index (χ1n) is 7.61. The molecular weight excluding hydrogens is 367 g/mol. The lowest BCUT2D eigenvalue weighted by atomic mass is 9.98. The Kier molecular flexibility index (Phi) is 4.65. The van der Waals surface area contributed by atoms with Crippen molar-refractivity contribution in [3.8, 4) is 11.3 Å². The van der Waals surface area contributed by atoms with Crippen LogP contribution in [0.4, 0.5) is 27.6 Å². The highest BCUT2D eigenvalue weighted by molar-refractivity contribution is 6.13. The van der Waals surface area contributed by atoms with Crippen LogP contribution in [0.3, 0.4) is 0 Å². The van der Waals surface area contributed by atoms with Crippen molar-refractivity contribution in [3.63, 3.8) is 0 Å². The second-order valence-corrected chi connectivity index (χ2v) is 5.62. The summed E-state index contributed by atoms with van der Waals surface area (Å²) in [6, 6.07) is 7.99. The van der Waals surface area contributed by atoms with Crippen molar-refractivity contribution in [1.29, 1.82) is 0 Å². The number of carbonyl (C=O) groups excluding carboxylic acids is 1. The number of pyridine rings is 1. The molecule has 1 aromatic heterocycles. The largest absolute Gasteiger partial charge is 0.416 e. The van der Waals surface area contributed by atoms with Crippen LogP contribution in [-0.2, 0) is 6.18 Å². The summed E-state index contributed by atoms with van der Waals surface area (Å²) in [6.45, 7) is 0. The Morgan fingerprint density at radius 1 is 0.926 bits per heavy atom. The van der Waals surface area contributed by atoms with Crippen LogP contribution in [0.25, 0.3) is 11.3 Å². The molecule has 1 heterocycles. The van der Waals surface area contributed by atoms with Crippen LogP contribution in [0.1, 0.15) is 21.5 Å². The molecule has 0 spiro atoms. The van der Waals surface area contributed by atoms with Gasteiger partial charge in [-0.15, -0.1) is 0 Å². The highest BCUT2D eigenvalue weighted by Crippen LogP contribution is 2.32. The number of halogens is 5. The molecule has 0 aliphatic carbocycles. The number of hydrogen-bond donors (Lipinski definition) is 1. The number of hydrogen-bond acceptors (Lipinski definition) is 3. The monoisotopic (exact) mass is 378 g/mol. The number of anilines is 1. The summed E-state index contributed by atoms with van der Waals surface area (Å²) in [4.78, 5) is 16.5. The van der Waals surface area contributed by atoms with Gasteiger partial charge in [0.05, 0.1) is 22.5 Å².